The topological polar surface area (TPSA) is 48.0 Å². The SMILES string of the molecule is CC1CCc2c(-c3nnc(SCc4cn5ccccc5n4)n3C(C)C)csc2C1. The van der Waals surface area contributed by atoms with Crippen LogP contribution in [0.1, 0.15) is 49.4 Å². The lowest BCUT2D eigenvalue weighted by molar-refractivity contribution is 0.507. The number of imidazole rings is 1. The lowest BCUT2D eigenvalue weighted by Crippen LogP contribution is -2.10. The zero-order valence-corrected chi connectivity index (χ0v) is 18.6. The predicted octanol–water partition coefficient (Wildman–Crippen LogP) is 5.65. The Labute approximate surface area is 179 Å². The molecular formula is C22H25N5S2. The Morgan fingerprint density at radius 3 is 3.00 bits per heavy atom. The number of nitrogens with zero attached hydrogens (tertiary/aromatic N) is 5. The summed E-state index contributed by atoms with van der Waals surface area (Å²) in [6.45, 7) is 6.78. The van der Waals surface area contributed by atoms with Crippen molar-refractivity contribution in [3.63, 3.8) is 0 Å². The summed E-state index contributed by atoms with van der Waals surface area (Å²) in [5.74, 6) is 2.59. The van der Waals surface area contributed by atoms with Crippen LogP contribution >= 0.6 is 23.1 Å². The van der Waals surface area contributed by atoms with Gasteiger partial charge in [-0.1, -0.05) is 24.8 Å². The number of pyridine rings is 1. The normalized spacial score (nSPS) is 16.6. The van der Waals surface area contributed by atoms with E-state index >= 15 is 0 Å². The summed E-state index contributed by atoms with van der Waals surface area (Å²) >= 11 is 3.61. The first-order valence-corrected chi connectivity index (χ1v) is 12.1. The molecule has 1 unspecified atom stereocenters. The largest absolute Gasteiger partial charge is 0.307 e. The van der Waals surface area contributed by atoms with Gasteiger partial charge in [0.2, 0.25) is 0 Å². The van der Waals surface area contributed by atoms with Gasteiger partial charge in [0.15, 0.2) is 11.0 Å². The van der Waals surface area contributed by atoms with E-state index in [0.29, 0.717) is 6.04 Å². The van der Waals surface area contributed by atoms with E-state index in [9.17, 15) is 0 Å². The smallest absolute Gasteiger partial charge is 0.192 e. The molecule has 0 aliphatic heterocycles. The molecule has 150 valence electrons. The Morgan fingerprint density at radius 2 is 2.17 bits per heavy atom. The third kappa shape index (κ3) is 3.51. The maximum absolute atomic E-state index is 4.71. The number of hydrogen-bond donors (Lipinski definition) is 0. The van der Waals surface area contributed by atoms with E-state index in [-0.39, 0.29) is 0 Å². The van der Waals surface area contributed by atoms with Crippen molar-refractivity contribution in [2.45, 2.75) is 57.0 Å². The highest BCUT2D eigenvalue weighted by atomic mass is 32.2. The third-order valence-corrected chi connectivity index (χ3v) is 7.61. The fourth-order valence-electron chi connectivity index (χ4n) is 4.08. The molecule has 7 heteroatoms. The van der Waals surface area contributed by atoms with Crippen molar-refractivity contribution in [1.29, 1.82) is 0 Å². The van der Waals surface area contributed by atoms with Crippen molar-refractivity contribution < 1.29 is 0 Å². The van der Waals surface area contributed by atoms with Gasteiger partial charge < -0.3 is 4.40 Å². The van der Waals surface area contributed by atoms with Gasteiger partial charge in [-0.2, -0.15) is 0 Å². The lowest BCUT2D eigenvalue weighted by Gasteiger charge is -2.19. The summed E-state index contributed by atoms with van der Waals surface area (Å²) in [5.41, 5.74) is 4.83. The van der Waals surface area contributed by atoms with Crippen LogP contribution in [0.15, 0.2) is 41.1 Å². The predicted molar refractivity (Wildman–Crippen MR) is 120 cm³/mol. The molecular weight excluding hydrogens is 398 g/mol. The van der Waals surface area contributed by atoms with Crippen LogP contribution in [0.3, 0.4) is 0 Å². The fourth-order valence-corrected chi connectivity index (χ4v) is 6.28. The zero-order valence-electron chi connectivity index (χ0n) is 17.0. The number of rotatable bonds is 5. The molecule has 0 saturated heterocycles. The molecule has 4 heterocycles. The highest BCUT2D eigenvalue weighted by molar-refractivity contribution is 7.98. The van der Waals surface area contributed by atoms with Crippen LogP contribution in [0.4, 0.5) is 0 Å². The van der Waals surface area contributed by atoms with Crippen LogP contribution in [0.5, 0.6) is 0 Å². The van der Waals surface area contributed by atoms with Crippen LogP contribution < -0.4 is 0 Å². The summed E-state index contributed by atoms with van der Waals surface area (Å²) in [4.78, 5) is 6.25. The van der Waals surface area contributed by atoms with Gasteiger partial charge in [0, 0.05) is 40.0 Å². The maximum atomic E-state index is 4.71. The second-order valence-corrected chi connectivity index (χ2v) is 10.1. The van der Waals surface area contributed by atoms with E-state index < -0.39 is 0 Å². The molecule has 0 spiro atoms. The number of thiophene rings is 1. The molecule has 1 atom stereocenters. The van der Waals surface area contributed by atoms with Crippen LogP contribution in [-0.4, -0.2) is 24.1 Å². The third-order valence-electron chi connectivity index (χ3n) is 5.59. The van der Waals surface area contributed by atoms with E-state index in [1.807, 2.05) is 35.7 Å². The summed E-state index contributed by atoms with van der Waals surface area (Å²) in [5, 5.41) is 12.5. The van der Waals surface area contributed by atoms with E-state index in [1.165, 1.54) is 28.8 Å². The van der Waals surface area contributed by atoms with E-state index in [0.717, 1.165) is 40.4 Å². The highest BCUT2D eigenvalue weighted by Crippen LogP contribution is 2.39. The van der Waals surface area contributed by atoms with Gasteiger partial charge in [-0.3, -0.25) is 4.57 Å². The quantitative estimate of drug-likeness (QED) is 0.389. The Balaban J connectivity index is 1.44. The summed E-state index contributed by atoms with van der Waals surface area (Å²) in [6.07, 6.45) is 7.75. The van der Waals surface area contributed by atoms with Gasteiger partial charge in [-0.05, 0) is 56.7 Å². The van der Waals surface area contributed by atoms with E-state index in [4.69, 9.17) is 4.98 Å². The van der Waals surface area contributed by atoms with Gasteiger partial charge in [-0.15, -0.1) is 21.5 Å². The minimum Gasteiger partial charge on any atom is -0.307 e. The number of hydrogen-bond acceptors (Lipinski definition) is 5. The van der Waals surface area contributed by atoms with Crippen LogP contribution in [0.2, 0.25) is 0 Å². The Bertz CT molecular complexity index is 1120. The van der Waals surface area contributed by atoms with Crippen molar-refractivity contribution in [2.75, 3.05) is 0 Å². The van der Waals surface area contributed by atoms with Crippen LogP contribution in [-0.2, 0) is 18.6 Å². The van der Waals surface area contributed by atoms with E-state index in [1.54, 1.807) is 11.8 Å². The molecule has 5 nitrogen and oxygen atoms in total. The average Bonchev–Trinajstić information content (AvgIpc) is 3.41. The molecule has 0 radical (unpaired) electrons. The molecule has 0 fully saturated rings. The molecule has 5 rings (SSSR count). The Morgan fingerprint density at radius 1 is 1.28 bits per heavy atom. The second kappa shape index (κ2) is 7.61. The van der Waals surface area contributed by atoms with E-state index in [2.05, 4.69) is 51.5 Å². The first-order valence-electron chi connectivity index (χ1n) is 10.2. The fraction of sp³-hybridized carbons (Fsp3) is 0.409. The molecule has 29 heavy (non-hydrogen) atoms. The second-order valence-electron chi connectivity index (χ2n) is 8.16. The molecule has 0 N–H and O–H groups in total. The van der Waals surface area contributed by atoms with Crippen molar-refractivity contribution in [3.8, 4) is 11.4 Å². The Hall–Kier alpha value is -2.12. The maximum Gasteiger partial charge on any atom is 0.192 e. The number of thioether (sulfide) groups is 1. The van der Waals surface area contributed by atoms with Crippen molar-refractivity contribution in [2.24, 2.45) is 5.92 Å². The van der Waals surface area contributed by atoms with Gasteiger partial charge in [0.05, 0.1) is 5.69 Å². The molecule has 0 bridgehead atoms. The van der Waals surface area contributed by atoms with Crippen molar-refractivity contribution in [1.82, 2.24) is 24.1 Å². The minimum atomic E-state index is 0.307. The summed E-state index contributed by atoms with van der Waals surface area (Å²) in [7, 11) is 0. The summed E-state index contributed by atoms with van der Waals surface area (Å²) in [6, 6.07) is 6.38. The molecule has 0 aromatic carbocycles. The molecule has 1 aliphatic rings. The monoisotopic (exact) mass is 423 g/mol. The average molecular weight is 424 g/mol. The van der Waals surface area contributed by atoms with Gasteiger partial charge >= 0.3 is 0 Å². The number of fused-ring (bicyclic) bond motifs is 2. The zero-order chi connectivity index (χ0) is 20.0. The molecule has 0 saturated carbocycles. The lowest BCUT2D eigenvalue weighted by atomic mass is 9.88. The molecule has 1 aliphatic carbocycles. The first kappa shape index (κ1) is 18.9. The highest BCUT2D eigenvalue weighted by Gasteiger charge is 2.25. The van der Waals surface area contributed by atoms with Gasteiger partial charge in [0.1, 0.15) is 5.65 Å². The Kier molecular flexibility index (Phi) is 4.95. The number of aromatic nitrogens is 5. The standard InChI is InChI=1S/C22H25N5S2/c1-14(2)27-21(18-13-28-19-10-15(3)7-8-17(18)19)24-25-22(27)29-12-16-11-26-9-5-4-6-20(26)23-16/h4-6,9,11,13-15H,7-8,10,12H2,1-3H3. The first-order chi connectivity index (χ1) is 14.1. The molecule has 4 aromatic rings. The van der Waals surface area contributed by atoms with Crippen molar-refractivity contribution in [3.05, 3.63) is 52.1 Å². The summed E-state index contributed by atoms with van der Waals surface area (Å²) < 4.78 is 4.36. The van der Waals surface area contributed by atoms with Crippen LogP contribution in [0, 0.1) is 5.92 Å². The van der Waals surface area contributed by atoms with Crippen LogP contribution in [0.25, 0.3) is 17.0 Å². The minimum absolute atomic E-state index is 0.307. The van der Waals surface area contributed by atoms with Gasteiger partial charge in [0.25, 0.3) is 0 Å². The molecule has 0 amide bonds. The van der Waals surface area contributed by atoms with Crippen molar-refractivity contribution >= 4 is 28.7 Å². The molecule has 4 aromatic heterocycles. The van der Waals surface area contributed by atoms with Gasteiger partial charge in [-0.25, -0.2) is 4.98 Å².